The quantitative estimate of drug-likeness (QED) is 0.362. The van der Waals surface area contributed by atoms with Gasteiger partial charge in [0.1, 0.15) is 22.2 Å². The minimum atomic E-state index is -0.426. The fourth-order valence-electron chi connectivity index (χ4n) is 3.67. The molecular formula is C28H26FN3O4S. The van der Waals surface area contributed by atoms with Crippen LogP contribution in [0.1, 0.15) is 24.2 Å². The molecule has 37 heavy (non-hydrogen) atoms. The van der Waals surface area contributed by atoms with Crippen LogP contribution in [0.5, 0.6) is 5.75 Å². The molecule has 0 aliphatic carbocycles. The van der Waals surface area contributed by atoms with Gasteiger partial charge in [0.25, 0.3) is 17.7 Å². The Bertz CT molecular complexity index is 1350. The average molecular weight is 520 g/mol. The van der Waals surface area contributed by atoms with E-state index in [9.17, 15) is 18.8 Å². The number of hydrogen-bond donors (Lipinski definition) is 2. The highest BCUT2D eigenvalue weighted by atomic mass is 32.2. The number of rotatable bonds is 9. The van der Waals surface area contributed by atoms with E-state index in [-0.39, 0.29) is 22.4 Å². The van der Waals surface area contributed by atoms with Crippen LogP contribution in [-0.2, 0) is 9.59 Å². The molecule has 0 saturated carbocycles. The van der Waals surface area contributed by atoms with Crippen molar-refractivity contribution in [1.82, 2.24) is 4.90 Å². The molecule has 3 aromatic carbocycles. The lowest BCUT2D eigenvalue weighted by Crippen LogP contribution is -2.35. The summed E-state index contributed by atoms with van der Waals surface area (Å²) in [5.74, 6) is -0.811. The summed E-state index contributed by atoms with van der Waals surface area (Å²) in [6, 6.07) is 19.3. The minimum absolute atomic E-state index is 0.101. The fraction of sp³-hybridized carbons (Fsp3) is 0.179. The molecular weight excluding hydrogens is 493 g/mol. The number of thioether (sulfide) groups is 1. The molecule has 0 unspecified atom stereocenters. The number of carbonyl (C=O) groups is 3. The maximum Gasteiger partial charge on any atom is 0.278 e. The molecule has 0 bridgehead atoms. The number of hydrogen-bond acceptors (Lipinski definition) is 6. The first-order valence-corrected chi connectivity index (χ1v) is 12.4. The molecule has 190 valence electrons. The highest BCUT2D eigenvalue weighted by Gasteiger charge is 2.39. The standard InChI is InChI=1S/C28H26FN3O4S/c1-17(2)16-32-27(34)24(30-20-11-13-22(36-3)14-12-20)25(28(32)35)37-23-6-4-5-21(15-23)31-26(33)18-7-9-19(29)10-8-18/h4-15,17,30H,16H2,1-3H3,(H,31,33). The molecule has 3 aromatic rings. The monoisotopic (exact) mass is 519 g/mol. The number of halogens is 1. The Morgan fingerprint density at radius 2 is 1.68 bits per heavy atom. The molecule has 2 N–H and O–H groups in total. The molecule has 0 atom stereocenters. The van der Waals surface area contributed by atoms with Crippen LogP contribution in [0, 0.1) is 11.7 Å². The zero-order valence-electron chi connectivity index (χ0n) is 20.6. The van der Waals surface area contributed by atoms with Gasteiger partial charge >= 0.3 is 0 Å². The van der Waals surface area contributed by atoms with E-state index >= 15 is 0 Å². The van der Waals surface area contributed by atoms with E-state index in [1.807, 2.05) is 13.8 Å². The van der Waals surface area contributed by atoms with Gasteiger partial charge in [0.2, 0.25) is 0 Å². The van der Waals surface area contributed by atoms with E-state index in [0.717, 1.165) is 11.8 Å². The zero-order valence-corrected chi connectivity index (χ0v) is 21.4. The third-order valence-corrected chi connectivity index (χ3v) is 6.52. The Morgan fingerprint density at radius 1 is 0.973 bits per heavy atom. The molecule has 9 heteroatoms. The van der Waals surface area contributed by atoms with Crippen LogP contribution in [-0.4, -0.2) is 36.3 Å². The van der Waals surface area contributed by atoms with Gasteiger partial charge in [0, 0.05) is 28.4 Å². The van der Waals surface area contributed by atoms with Crippen molar-refractivity contribution in [3.8, 4) is 5.75 Å². The van der Waals surface area contributed by atoms with Gasteiger partial charge in [-0.2, -0.15) is 0 Å². The number of anilines is 2. The van der Waals surface area contributed by atoms with Crippen molar-refractivity contribution in [2.75, 3.05) is 24.3 Å². The normalized spacial score (nSPS) is 13.4. The molecule has 0 spiro atoms. The third-order valence-electron chi connectivity index (χ3n) is 5.45. The van der Waals surface area contributed by atoms with Crippen LogP contribution < -0.4 is 15.4 Å². The van der Waals surface area contributed by atoms with Crippen LogP contribution in [0.3, 0.4) is 0 Å². The number of methoxy groups -OCH3 is 1. The number of nitrogens with zero attached hydrogens (tertiary/aromatic N) is 1. The van der Waals surface area contributed by atoms with Gasteiger partial charge in [-0.1, -0.05) is 31.7 Å². The Balaban J connectivity index is 1.59. The predicted octanol–water partition coefficient (Wildman–Crippen LogP) is 5.53. The van der Waals surface area contributed by atoms with Crippen LogP contribution in [0.2, 0.25) is 0 Å². The van der Waals surface area contributed by atoms with E-state index in [1.165, 1.54) is 29.2 Å². The highest BCUT2D eigenvalue weighted by Crippen LogP contribution is 2.37. The molecule has 0 radical (unpaired) electrons. The summed E-state index contributed by atoms with van der Waals surface area (Å²) < 4.78 is 18.4. The molecule has 7 nitrogen and oxygen atoms in total. The van der Waals surface area contributed by atoms with Crippen molar-refractivity contribution >= 4 is 40.9 Å². The number of imide groups is 1. The van der Waals surface area contributed by atoms with Crippen molar-refractivity contribution in [3.63, 3.8) is 0 Å². The summed E-state index contributed by atoms with van der Waals surface area (Å²) in [5, 5.41) is 5.89. The van der Waals surface area contributed by atoms with Crippen LogP contribution in [0.15, 0.2) is 88.3 Å². The predicted molar refractivity (Wildman–Crippen MR) is 142 cm³/mol. The summed E-state index contributed by atoms with van der Waals surface area (Å²) in [6.45, 7) is 4.17. The lowest BCUT2D eigenvalue weighted by atomic mass is 10.2. The number of ether oxygens (including phenoxy) is 1. The summed E-state index contributed by atoms with van der Waals surface area (Å²) in [7, 11) is 1.57. The number of amides is 3. The molecule has 0 aromatic heterocycles. The Morgan fingerprint density at radius 3 is 2.32 bits per heavy atom. The van der Waals surface area contributed by atoms with Crippen LogP contribution in [0.4, 0.5) is 15.8 Å². The summed E-state index contributed by atoms with van der Waals surface area (Å²) in [6.07, 6.45) is 0. The van der Waals surface area contributed by atoms with E-state index in [4.69, 9.17) is 4.74 Å². The maximum atomic E-state index is 13.3. The largest absolute Gasteiger partial charge is 0.497 e. The van der Waals surface area contributed by atoms with Crippen molar-refractivity contribution < 1.29 is 23.5 Å². The molecule has 1 heterocycles. The van der Waals surface area contributed by atoms with Gasteiger partial charge in [0.05, 0.1) is 7.11 Å². The van der Waals surface area contributed by atoms with Crippen molar-refractivity contribution in [2.24, 2.45) is 5.92 Å². The van der Waals surface area contributed by atoms with Gasteiger partial charge < -0.3 is 15.4 Å². The highest BCUT2D eigenvalue weighted by molar-refractivity contribution is 8.04. The number of carbonyl (C=O) groups excluding carboxylic acids is 3. The molecule has 1 aliphatic heterocycles. The van der Waals surface area contributed by atoms with Crippen molar-refractivity contribution in [3.05, 3.63) is 94.8 Å². The van der Waals surface area contributed by atoms with E-state index in [1.54, 1.807) is 55.6 Å². The lowest BCUT2D eigenvalue weighted by Gasteiger charge is -2.17. The first-order chi connectivity index (χ1) is 17.7. The molecule has 0 fully saturated rings. The van der Waals surface area contributed by atoms with E-state index in [2.05, 4.69) is 10.6 Å². The SMILES string of the molecule is COc1ccc(NC2=C(Sc3cccc(NC(=O)c4ccc(F)cc4)c3)C(=O)N(CC(C)C)C2=O)cc1. The van der Waals surface area contributed by atoms with Gasteiger partial charge in [0.15, 0.2) is 0 Å². The molecule has 3 amide bonds. The first kappa shape index (κ1) is 26.0. The lowest BCUT2D eigenvalue weighted by molar-refractivity contribution is -0.137. The minimum Gasteiger partial charge on any atom is -0.497 e. The number of nitrogens with one attached hydrogen (secondary N) is 2. The van der Waals surface area contributed by atoms with Gasteiger partial charge in [-0.25, -0.2) is 4.39 Å². The van der Waals surface area contributed by atoms with Crippen LogP contribution in [0.25, 0.3) is 0 Å². The topological polar surface area (TPSA) is 87.7 Å². The smallest absolute Gasteiger partial charge is 0.278 e. The second kappa shape index (κ2) is 11.3. The second-order valence-corrected chi connectivity index (χ2v) is 9.85. The number of benzene rings is 3. The van der Waals surface area contributed by atoms with Gasteiger partial charge in [-0.15, -0.1) is 0 Å². The Hall–Kier alpha value is -4.11. The van der Waals surface area contributed by atoms with Gasteiger partial charge in [-0.05, 0) is 72.6 Å². The summed E-state index contributed by atoms with van der Waals surface area (Å²) >= 11 is 1.15. The average Bonchev–Trinajstić information content (AvgIpc) is 3.08. The molecule has 1 aliphatic rings. The fourth-order valence-corrected chi connectivity index (χ4v) is 4.67. The van der Waals surface area contributed by atoms with E-state index < -0.39 is 17.6 Å². The van der Waals surface area contributed by atoms with E-state index in [0.29, 0.717) is 34.1 Å². The Kier molecular flexibility index (Phi) is 7.93. The third kappa shape index (κ3) is 6.18. The first-order valence-electron chi connectivity index (χ1n) is 11.6. The zero-order chi connectivity index (χ0) is 26.5. The summed E-state index contributed by atoms with van der Waals surface area (Å²) in [5.41, 5.74) is 1.65. The maximum absolute atomic E-state index is 13.3. The van der Waals surface area contributed by atoms with Crippen molar-refractivity contribution in [2.45, 2.75) is 18.7 Å². The van der Waals surface area contributed by atoms with Gasteiger partial charge in [-0.3, -0.25) is 19.3 Å². The second-order valence-electron chi connectivity index (χ2n) is 8.76. The molecule has 0 saturated heterocycles. The van der Waals surface area contributed by atoms with Crippen molar-refractivity contribution in [1.29, 1.82) is 0 Å². The molecule has 4 rings (SSSR count). The Labute approximate surface area is 218 Å². The summed E-state index contributed by atoms with van der Waals surface area (Å²) in [4.78, 5) is 41.3. The van der Waals surface area contributed by atoms with Crippen LogP contribution >= 0.6 is 11.8 Å².